The van der Waals surface area contributed by atoms with E-state index in [2.05, 4.69) is 0 Å². The highest BCUT2D eigenvalue weighted by Crippen LogP contribution is 2.52. The van der Waals surface area contributed by atoms with Crippen molar-refractivity contribution in [3.63, 3.8) is 0 Å². The molecule has 0 heterocycles. The van der Waals surface area contributed by atoms with Crippen LogP contribution in [0, 0.1) is 0 Å². The molecule has 1 unspecified atom stereocenters. The number of halogens is 2. The minimum Gasteiger partial charge on any atom is -0.497 e. The van der Waals surface area contributed by atoms with Crippen LogP contribution in [0.5, 0.6) is 5.75 Å². The van der Waals surface area contributed by atoms with Crippen molar-refractivity contribution in [2.24, 2.45) is 5.73 Å². The van der Waals surface area contributed by atoms with Crippen LogP contribution in [-0.4, -0.2) is 18.6 Å². The molecule has 2 rings (SSSR count). The van der Waals surface area contributed by atoms with Crippen LogP contribution in [0.3, 0.4) is 0 Å². The van der Waals surface area contributed by atoms with E-state index in [1.54, 1.807) is 24.3 Å². The van der Waals surface area contributed by atoms with Gasteiger partial charge >= 0.3 is 0 Å². The van der Waals surface area contributed by atoms with E-state index in [1.165, 1.54) is 7.11 Å². The van der Waals surface area contributed by atoms with Crippen molar-refractivity contribution < 1.29 is 13.5 Å². The molecule has 0 radical (unpaired) electrons. The molecule has 0 amide bonds. The molecule has 2 nitrogen and oxygen atoms in total. The summed E-state index contributed by atoms with van der Waals surface area (Å²) in [6.07, 6.45) is 1.30. The number of rotatable bonds is 4. The van der Waals surface area contributed by atoms with Crippen LogP contribution in [0.4, 0.5) is 8.78 Å². The molecule has 1 fully saturated rings. The van der Waals surface area contributed by atoms with Crippen LogP contribution in [0.2, 0.25) is 0 Å². The van der Waals surface area contributed by atoms with E-state index in [9.17, 15) is 8.78 Å². The average Bonchev–Trinajstić information content (AvgIpc) is 2.95. The van der Waals surface area contributed by atoms with Crippen molar-refractivity contribution in [2.45, 2.75) is 37.1 Å². The third-order valence-corrected chi connectivity index (χ3v) is 3.34. The first-order chi connectivity index (χ1) is 7.87. The Morgan fingerprint density at radius 3 is 2.53 bits per heavy atom. The third kappa shape index (κ3) is 2.41. The number of ether oxygens (including phenoxy) is 1. The maximum Gasteiger partial charge on any atom is 0.253 e. The smallest absolute Gasteiger partial charge is 0.253 e. The summed E-state index contributed by atoms with van der Waals surface area (Å²) in [5.41, 5.74) is 5.77. The molecule has 17 heavy (non-hydrogen) atoms. The Bertz CT molecular complexity index is 405. The quantitative estimate of drug-likeness (QED) is 0.879. The molecule has 1 atom stereocenters. The zero-order chi connectivity index (χ0) is 12.7. The van der Waals surface area contributed by atoms with Crippen LogP contribution in [-0.2, 0) is 0 Å². The van der Waals surface area contributed by atoms with Gasteiger partial charge in [-0.3, -0.25) is 0 Å². The maximum atomic E-state index is 13.7. The van der Waals surface area contributed by atoms with Crippen LogP contribution in [0.1, 0.15) is 31.2 Å². The van der Waals surface area contributed by atoms with Crippen molar-refractivity contribution in [2.75, 3.05) is 7.11 Å². The van der Waals surface area contributed by atoms with Crippen LogP contribution in [0.25, 0.3) is 0 Å². The highest BCUT2D eigenvalue weighted by atomic mass is 19.3. The monoisotopic (exact) mass is 241 g/mol. The molecule has 1 saturated carbocycles. The van der Waals surface area contributed by atoms with E-state index >= 15 is 0 Å². The summed E-state index contributed by atoms with van der Waals surface area (Å²) in [4.78, 5) is 0. The second kappa shape index (κ2) is 3.95. The van der Waals surface area contributed by atoms with Gasteiger partial charge in [-0.25, -0.2) is 8.78 Å². The Hall–Kier alpha value is -1.16. The van der Waals surface area contributed by atoms with Gasteiger partial charge < -0.3 is 10.5 Å². The van der Waals surface area contributed by atoms with E-state index < -0.39 is 17.4 Å². The van der Waals surface area contributed by atoms with Gasteiger partial charge in [-0.15, -0.1) is 0 Å². The first kappa shape index (κ1) is 12.3. The van der Waals surface area contributed by atoms with Crippen molar-refractivity contribution in [1.29, 1.82) is 0 Å². The first-order valence-electron chi connectivity index (χ1n) is 5.67. The van der Waals surface area contributed by atoms with Crippen molar-refractivity contribution in [3.8, 4) is 5.75 Å². The average molecular weight is 241 g/mol. The molecular formula is C13H17F2NO. The zero-order valence-electron chi connectivity index (χ0n) is 10.0. The number of methoxy groups -OCH3 is 1. The molecule has 0 aliphatic heterocycles. The van der Waals surface area contributed by atoms with Gasteiger partial charge in [0.1, 0.15) is 5.75 Å². The molecule has 1 aromatic carbocycles. The van der Waals surface area contributed by atoms with Gasteiger partial charge in [0.05, 0.1) is 13.0 Å². The van der Waals surface area contributed by atoms with Gasteiger partial charge in [-0.1, -0.05) is 12.1 Å². The third-order valence-electron chi connectivity index (χ3n) is 3.34. The Morgan fingerprint density at radius 1 is 1.41 bits per heavy atom. The Balaban J connectivity index is 2.39. The number of nitrogens with two attached hydrogens (primary N) is 1. The molecule has 94 valence electrons. The molecule has 2 N–H and O–H groups in total. The Labute approximate surface area is 99.8 Å². The largest absolute Gasteiger partial charge is 0.497 e. The summed E-state index contributed by atoms with van der Waals surface area (Å²) in [5, 5.41) is 0. The molecule has 0 bridgehead atoms. The van der Waals surface area contributed by atoms with E-state index in [0.717, 1.165) is 6.92 Å². The molecular weight excluding hydrogens is 224 g/mol. The topological polar surface area (TPSA) is 35.2 Å². The molecule has 0 saturated heterocycles. The van der Waals surface area contributed by atoms with Crippen LogP contribution in [0.15, 0.2) is 24.3 Å². The lowest BCUT2D eigenvalue weighted by Gasteiger charge is -2.29. The van der Waals surface area contributed by atoms with Gasteiger partial charge in [0, 0.05) is 12.5 Å². The van der Waals surface area contributed by atoms with Gasteiger partial charge in [0.2, 0.25) is 0 Å². The number of hydrogen-bond donors (Lipinski definition) is 1. The Kier molecular flexibility index (Phi) is 2.86. The summed E-state index contributed by atoms with van der Waals surface area (Å²) < 4.78 is 32.5. The maximum absolute atomic E-state index is 13.7. The summed E-state index contributed by atoms with van der Waals surface area (Å²) >= 11 is 0. The molecule has 0 aromatic heterocycles. The lowest BCUT2D eigenvalue weighted by atomic mass is 9.85. The lowest BCUT2D eigenvalue weighted by molar-refractivity contribution is -0.0196. The van der Waals surface area contributed by atoms with Gasteiger partial charge in [-0.2, -0.15) is 0 Å². The summed E-state index contributed by atoms with van der Waals surface area (Å²) in [6, 6.07) is 6.80. The van der Waals surface area contributed by atoms with E-state index in [4.69, 9.17) is 10.5 Å². The van der Waals surface area contributed by atoms with Gasteiger partial charge in [0.15, 0.2) is 0 Å². The van der Waals surface area contributed by atoms with Crippen molar-refractivity contribution in [1.82, 2.24) is 0 Å². The minimum absolute atomic E-state index is 0.553. The SMILES string of the molecule is COc1cccc(C(C(C)(F)F)C2(N)CC2)c1. The first-order valence-corrected chi connectivity index (χ1v) is 5.67. The van der Waals surface area contributed by atoms with Crippen LogP contribution < -0.4 is 10.5 Å². The van der Waals surface area contributed by atoms with Crippen molar-refractivity contribution >= 4 is 0 Å². The minimum atomic E-state index is -2.82. The molecule has 1 aromatic rings. The number of alkyl halides is 2. The summed E-state index contributed by atoms with van der Waals surface area (Å²) in [6.45, 7) is 0.935. The molecule has 0 spiro atoms. The van der Waals surface area contributed by atoms with E-state index in [-0.39, 0.29) is 0 Å². The number of hydrogen-bond acceptors (Lipinski definition) is 2. The zero-order valence-corrected chi connectivity index (χ0v) is 10.0. The predicted molar refractivity (Wildman–Crippen MR) is 62.5 cm³/mol. The fourth-order valence-electron chi connectivity index (χ4n) is 2.38. The molecule has 1 aliphatic rings. The van der Waals surface area contributed by atoms with E-state index in [0.29, 0.717) is 24.2 Å². The fraction of sp³-hybridized carbons (Fsp3) is 0.538. The fourth-order valence-corrected chi connectivity index (χ4v) is 2.38. The second-order valence-electron chi connectivity index (χ2n) is 4.90. The highest BCUT2D eigenvalue weighted by molar-refractivity contribution is 5.36. The van der Waals surface area contributed by atoms with E-state index in [1.807, 2.05) is 0 Å². The summed E-state index contributed by atoms with van der Waals surface area (Å²) in [5.74, 6) is -3.18. The second-order valence-corrected chi connectivity index (χ2v) is 4.90. The molecule has 1 aliphatic carbocycles. The standard InChI is InChI=1S/C13H17F2NO/c1-12(14,15)11(13(16)6-7-13)9-4-3-5-10(8-9)17-2/h3-5,8,11H,6-7,16H2,1-2H3. The van der Waals surface area contributed by atoms with Gasteiger partial charge in [0.25, 0.3) is 5.92 Å². The number of benzene rings is 1. The predicted octanol–water partition coefficient (Wildman–Crippen LogP) is 2.93. The van der Waals surface area contributed by atoms with Gasteiger partial charge in [-0.05, 0) is 30.5 Å². The normalized spacial score (nSPS) is 19.8. The van der Waals surface area contributed by atoms with Crippen molar-refractivity contribution in [3.05, 3.63) is 29.8 Å². The Morgan fingerprint density at radius 2 is 2.06 bits per heavy atom. The van der Waals surface area contributed by atoms with Crippen LogP contribution >= 0.6 is 0 Å². The summed E-state index contributed by atoms with van der Waals surface area (Å²) in [7, 11) is 1.52. The highest BCUT2D eigenvalue weighted by Gasteiger charge is 2.55. The molecule has 4 heteroatoms. The lowest BCUT2D eigenvalue weighted by Crippen LogP contribution is -2.40.